The Bertz CT molecular complexity index is 386. The van der Waals surface area contributed by atoms with Crippen molar-refractivity contribution in [3.05, 3.63) is 23.8 Å². The number of nitrogens with zero attached hydrogens (tertiary/aromatic N) is 1. The van der Waals surface area contributed by atoms with E-state index in [2.05, 4.69) is 11.9 Å². The van der Waals surface area contributed by atoms with E-state index in [-0.39, 0.29) is 0 Å². The summed E-state index contributed by atoms with van der Waals surface area (Å²) in [4.78, 5) is 2.30. The predicted octanol–water partition coefficient (Wildman–Crippen LogP) is 3.02. The maximum absolute atomic E-state index is 9.93. The van der Waals surface area contributed by atoms with Gasteiger partial charge in [0.15, 0.2) is 0 Å². The minimum Gasteiger partial charge on any atom is -0.507 e. The van der Waals surface area contributed by atoms with Gasteiger partial charge < -0.3 is 14.7 Å². The van der Waals surface area contributed by atoms with Crippen LogP contribution in [0.5, 0.6) is 11.5 Å². The summed E-state index contributed by atoms with van der Waals surface area (Å²) < 4.78 is 5.09. The van der Waals surface area contributed by atoms with Gasteiger partial charge in [-0.25, -0.2) is 0 Å². The van der Waals surface area contributed by atoms with Crippen LogP contribution in [0.4, 0.5) is 0 Å². The highest BCUT2D eigenvalue weighted by Crippen LogP contribution is 2.27. The van der Waals surface area contributed by atoms with Crippen LogP contribution in [0.1, 0.15) is 31.2 Å². The average Bonchev–Trinajstić information content (AvgIpc) is 2.84. The van der Waals surface area contributed by atoms with Crippen LogP contribution in [0.15, 0.2) is 18.2 Å². The van der Waals surface area contributed by atoms with Crippen LogP contribution in [0.3, 0.4) is 0 Å². The minimum absolute atomic E-state index is 0.327. The van der Waals surface area contributed by atoms with Crippen molar-refractivity contribution in [2.45, 2.75) is 32.2 Å². The lowest BCUT2D eigenvalue weighted by Gasteiger charge is -2.21. The van der Waals surface area contributed by atoms with E-state index >= 15 is 0 Å². The van der Waals surface area contributed by atoms with E-state index in [0.717, 1.165) is 24.6 Å². The first kappa shape index (κ1) is 13.2. The first-order valence-electron chi connectivity index (χ1n) is 6.73. The van der Waals surface area contributed by atoms with Gasteiger partial charge in [0.1, 0.15) is 11.5 Å². The number of rotatable bonds is 5. The van der Waals surface area contributed by atoms with Crippen molar-refractivity contribution in [3.63, 3.8) is 0 Å². The second-order valence-electron chi connectivity index (χ2n) is 5.34. The highest BCUT2D eigenvalue weighted by atomic mass is 16.5. The zero-order valence-electron chi connectivity index (χ0n) is 11.4. The molecule has 3 nitrogen and oxygen atoms in total. The van der Waals surface area contributed by atoms with E-state index in [4.69, 9.17) is 4.74 Å². The van der Waals surface area contributed by atoms with Crippen molar-refractivity contribution in [1.29, 1.82) is 0 Å². The summed E-state index contributed by atoms with van der Waals surface area (Å²) in [6.45, 7) is 1.93. The number of phenols is 1. The molecular weight excluding hydrogens is 226 g/mol. The second-order valence-corrected chi connectivity index (χ2v) is 5.34. The second kappa shape index (κ2) is 6.10. The highest BCUT2D eigenvalue weighted by Gasteiger charge is 2.17. The van der Waals surface area contributed by atoms with Gasteiger partial charge in [-0.1, -0.05) is 18.9 Å². The van der Waals surface area contributed by atoms with E-state index < -0.39 is 0 Å². The van der Waals surface area contributed by atoms with Crippen LogP contribution in [-0.2, 0) is 6.54 Å². The summed E-state index contributed by atoms with van der Waals surface area (Å²) in [6.07, 6.45) is 5.48. The third-order valence-electron chi connectivity index (χ3n) is 3.78. The summed E-state index contributed by atoms with van der Waals surface area (Å²) in [5, 5.41) is 9.93. The van der Waals surface area contributed by atoms with Gasteiger partial charge in [0.25, 0.3) is 0 Å². The lowest BCUT2D eigenvalue weighted by Crippen LogP contribution is -2.24. The van der Waals surface area contributed by atoms with Gasteiger partial charge in [0.05, 0.1) is 7.11 Å². The third-order valence-corrected chi connectivity index (χ3v) is 3.78. The zero-order chi connectivity index (χ0) is 13.0. The molecule has 0 aromatic heterocycles. The number of benzene rings is 1. The Morgan fingerprint density at radius 3 is 2.67 bits per heavy atom. The van der Waals surface area contributed by atoms with Gasteiger partial charge in [0, 0.05) is 24.7 Å². The van der Waals surface area contributed by atoms with Crippen molar-refractivity contribution in [3.8, 4) is 11.5 Å². The molecule has 0 aliphatic heterocycles. The molecule has 1 aliphatic carbocycles. The van der Waals surface area contributed by atoms with Gasteiger partial charge in [-0.05, 0) is 31.9 Å². The predicted molar refractivity (Wildman–Crippen MR) is 73.0 cm³/mol. The molecule has 0 atom stereocenters. The fourth-order valence-electron chi connectivity index (χ4n) is 2.79. The summed E-state index contributed by atoms with van der Waals surface area (Å²) in [6, 6.07) is 5.52. The minimum atomic E-state index is 0.327. The zero-order valence-corrected chi connectivity index (χ0v) is 11.4. The molecule has 1 aromatic carbocycles. The molecule has 0 radical (unpaired) electrons. The van der Waals surface area contributed by atoms with Crippen molar-refractivity contribution >= 4 is 0 Å². The Morgan fingerprint density at radius 2 is 2.06 bits per heavy atom. The molecule has 100 valence electrons. The normalized spacial score (nSPS) is 16.4. The molecule has 0 amide bonds. The molecule has 1 aliphatic rings. The first-order chi connectivity index (χ1) is 8.69. The van der Waals surface area contributed by atoms with Crippen LogP contribution in [-0.4, -0.2) is 30.7 Å². The molecule has 1 aromatic rings. The number of hydrogen-bond donors (Lipinski definition) is 1. The molecule has 0 saturated heterocycles. The summed E-state index contributed by atoms with van der Waals surface area (Å²) >= 11 is 0. The Balaban J connectivity index is 1.91. The molecule has 0 unspecified atom stereocenters. The molecule has 2 rings (SSSR count). The lowest BCUT2D eigenvalue weighted by molar-refractivity contribution is 0.267. The SMILES string of the molecule is COc1ccc(CN(C)CC2CCCC2)c(O)c1. The maximum Gasteiger partial charge on any atom is 0.123 e. The lowest BCUT2D eigenvalue weighted by atomic mass is 10.1. The van der Waals surface area contributed by atoms with Gasteiger partial charge in [0.2, 0.25) is 0 Å². The van der Waals surface area contributed by atoms with Crippen molar-refractivity contribution in [2.24, 2.45) is 5.92 Å². The fourth-order valence-corrected chi connectivity index (χ4v) is 2.79. The van der Waals surface area contributed by atoms with E-state index in [1.807, 2.05) is 12.1 Å². The molecule has 1 saturated carbocycles. The fraction of sp³-hybridized carbons (Fsp3) is 0.600. The van der Waals surface area contributed by atoms with Crippen molar-refractivity contribution in [1.82, 2.24) is 4.90 Å². The van der Waals surface area contributed by atoms with Crippen LogP contribution in [0.25, 0.3) is 0 Å². The van der Waals surface area contributed by atoms with Gasteiger partial charge in [-0.2, -0.15) is 0 Å². The Kier molecular flexibility index (Phi) is 4.48. The van der Waals surface area contributed by atoms with Crippen LogP contribution in [0.2, 0.25) is 0 Å². The monoisotopic (exact) mass is 249 g/mol. The van der Waals surface area contributed by atoms with Crippen LogP contribution < -0.4 is 4.74 Å². The Morgan fingerprint density at radius 1 is 1.33 bits per heavy atom. The summed E-state index contributed by atoms with van der Waals surface area (Å²) in [5.41, 5.74) is 0.969. The maximum atomic E-state index is 9.93. The smallest absolute Gasteiger partial charge is 0.123 e. The molecule has 0 spiro atoms. The van der Waals surface area contributed by atoms with E-state index in [0.29, 0.717) is 11.5 Å². The van der Waals surface area contributed by atoms with Crippen LogP contribution >= 0.6 is 0 Å². The average molecular weight is 249 g/mol. The number of hydrogen-bond acceptors (Lipinski definition) is 3. The molecule has 18 heavy (non-hydrogen) atoms. The Hall–Kier alpha value is -1.22. The van der Waals surface area contributed by atoms with E-state index in [1.165, 1.54) is 25.7 Å². The van der Waals surface area contributed by atoms with Gasteiger partial charge in [-0.3, -0.25) is 0 Å². The molecule has 3 heteroatoms. The summed E-state index contributed by atoms with van der Waals surface area (Å²) in [7, 11) is 3.74. The third kappa shape index (κ3) is 3.39. The van der Waals surface area contributed by atoms with E-state index in [1.54, 1.807) is 13.2 Å². The molecule has 1 fully saturated rings. The standard InChI is InChI=1S/C15H23NO2/c1-16(10-12-5-3-4-6-12)11-13-7-8-14(18-2)9-15(13)17/h7-9,12,17H,3-6,10-11H2,1-2H3. The number of aromatic hydroxyl groups is 1. The Labute approximate surface area is 109 Å². The van der Waals surface area contributed by atoms with E-state index in [9.17, 15) is 5.11 Å². The van der Waals surface area contributed by atoms with Crippen LogP contribution in [0, 0.1) is 5.92 Å². The number of methoxy groups -OCH3 is 1. The molecular formula is C15H23NO2. The molecule has 1 N–H and O–H groups in total. The topological polar surface area (TPSA) is 32.7 Å². The highest BCUT2D eigenvalue weighted by molar-refractivity contribution is 5.39. The quantitative estimate of drug-likeness (QED) is 0.870. The first-order valence-corrected chi connectivity index (χ1v) is 6.73. The van der Waals surface area contributed by atoms with Gasteiger partial charge in [-0.15, -0.1) is 0 Å². The number of phenolic OH excluding ortho intramolecular Hbond substituents is 1. The van der Waals surface area contributed by atoms with Gasteiger partial charge >= 0.3 is 0 Å². The summed E-state index contributed by atoms with van der Waals surface area (Å²) in [5.74, 6) is 1.87. The largest absolute Gasteiger partial charge is 0.507 e. The number of ether oxygens (including phenoxy) is 1. The molecule has 0 heterocycles. The van der Waals surface area contributed by atoms with Crippen molar-refractivity contribution in [2.75, 3.05) is 20.7 Å². The van der Waals surface area contributed by atoms with Crippen molar-refractivity contribution < 1.29 is 9.84 Å². The molecule has 0 bridgehead atoms.